The summed E-state index contributed by atoms with van der Waals surface area (Å²) >= 11 is 0. The number of carbonyl (C=O) groups excluding carboxylic acids is 1. The molecule has 106 valence electrons. The molecular formula is C17H16N2O2. The number of hydrogen-bond acceptors (Lipinski definition) is 3. The van der Waals surface area contributed by atoms with Crippen LogP contribution in [0.15, 0.2) is 60.7 Å². The Bertz CT molecular complexity index is 606. The van der Waals surface area contributed by atoms with Crippen LogP contribution in [0.1, 0.15) is 18.0 Å². The van der Waals surface area contributed by atoms with E-state index in [1.54, 1.807) is 0 Å². The predicted molar refractivity (Wildman–Crippen MR) is 79.5 cm³/mol. The van der Waals surface area contributed by atoms with Gasteiger partial charge in [-0.3, -0.25) is 4.79 Å². The smallest absolute Gasteiger partial charge is 0.224 e. The highest BCUT2D eigenvalue weighted by molar-refractivity contribution is 5.77. The summed E-state index contributed by atoms with van der Waals surface area (Å²) in [7, 11) is 0. The highest BCUT2D eigenvalue weighted by Crippen LogP contribution is 2.12. The lowest BCUT2D eigenvalue weighted by molar-refractivity contribution is -0.122. The van der Waals surface area contributed by atoms with Crippen molar-refractivity contribution < 1.29 is 9.53 Å². The van der Waals surface area contributed by atoms with Crippen LogP contribution in [0.5, 0.6) is 5.75 Å². The Morgan fingerprint density at radius 2 is 1.71 bits per heavy atom. The molecule has 0 spiro atoms. The Balaban J connectivity index is 1.80. The van der Waals surface area contributed by atoms with Crippen LogP contribution in [-0.4, -0.2) is 12.5 Å². The molecule has 1 N–H and O–H groups in total. The minimum Gasteiger partial charge on any atom is -0.493 e. The highest BCUT2D eigenvalue weighted by atomic mass is 16.5. The first-order chi connectivity index (χ1) is 10.3. The maximum atomic E-state index is 11.8. The second-order valence-electron chi connectivity index (χ2n) is 4.45. The number of nitriles is 1. The molecule has 0 aliphatic heterocycles. The number of hydrogen-bond donors (Lipinski definition) is 1. The summed E-state index contributed by atoms with van der Waals surface area (Å²) in [5.74, 6) is 0.520. The van der Waals surface area contributed by atoms with Crippen LogP contribution >= 0.6 is 0 Å². The van der Waals surface area contributed by atoms with Gasteiger partial charge in [0.1, 0.15) is 11.8 Å². The Labute approximate surface area is 124 Å². The van der Waals surface area contributed by atoms with Crippen LogP contribution in [0.2, 0.25) is 0 Å². The molecule has 0 aliphatic rings. The molecule has 0 heterocycles. The van der Waals surface area contributed by atoms with E-state index < -0.39 is 6.04 Å². The van der Waals surface area contributed by atoms with Gasteiger partial charge in [-0.15, -0.1) is 0 Å². The second-order valence-corrected chi connectivity index (χ2v) is 4.45. The van der Waals surface area contributed by atoms with Crippen LogP contribution in [0.25, 0.3) is 0 Å². The molecule has 1 atom stereocenters. The summed E-state index contributed by atoms with van der Waals surface area (Å²) in [6.45, 7) is 0.281. The van der Waals surface area contributed by atoms with Gasteiger partial charge in [0.2, 0.25) is 5.91 Å². The van der Waals surface area contributed by atoms with Crippen LogP contribution in [0.3, 0.4) is 0 Å². The Hall–Kier alpha value is -2.80. The topological polar surface area (TPSA) is 62.1 Å². The normalized spacial score (nSPS) is 11.2. The summed E-state index contributed by atoms with van der Waals surface area (Å²) in [6, 6.07) is 19.9. The standard InChI is InChI=1S/C17H16N2O2/c18-13-16(14-7-3-1-4-8-14)19-17(20)11-12-21-15-9-5-2-6-10-15/h1-10,16H,11-12H2,(H,19,20). The lowest BCUT2D eigenvalue weighted by Crippen LogP contribution is -2.28. The summed E-state index contributed by atoms with van der Waals surface area (Å²) in [6.07, 6.45) is 0.208. The van der Waals surface area contributed by atoms with E-state index >= 15 is 0 Å². The van der Waals surface area contributed by atoms with Gasteiger partial charge in [-0.1, -0.05) is 48.5 Å². The van der Waals surface area contributed by atoms with Gasteiger partial charge in [0, 0.05) is 0 Å². The molecule has 0 aromatic heterocycles. The highest BCUT2D eigenvalue weighted by Gasteiger charge is 2.13. The van der Waals surface area contributed by atoms with E-state index in [0.717, 1.165) is 11.3 Å². The van der Waals surface area contributed by atoms with Gasteiger partial charge in [-0.25, -0.2) is 0 Å². The van der Waals surface area contributed by atoms with Gasteiger partial charge in [0.25, 0.3) is 0 Å². The fourth-order valence-corrected chi connectivity index (χ4v) is 1.85. The predicted octanol–water partition coefficient (Wildman–Crippen LogP) is 2.84. The van der Waals surface area contributed by atoms with Gasteiger partial charge in [0.15, 0.2) is 0 Å². The third kappa shape index (κ3) is 4.66. The van der Waals surface area contributed by atoms with Gasteiger partial charge in [-0.2, -0.15) is 5.26 Å². The van der Waals surface area contributed by atoms with Crippen molar-refractivity contribution in [3.05, 3.63) is 66.2 Å². The molecule has 2 rings (SSSR count). The third-order valence-corrected chi connectivity index (χ3v) is 2.91. The molecule has 2 aromatic rings. The molecule has 21 heavy (non-hydrogen) atoms. The third-order valence-electron chi connectivity index (χ3n) is 2.91. The van der Waals surface area contributed by atoms with Gasteiger partial charge in [0.05, 0.1) is 19.1 Å². The Morgan fingerprint density at radius 3 is 2.33 bits per heavy atom. The molecular weight excluding hydrogens is 264 g/mol. The van der Waals surface area contributed by atoms with E-state index in [2.05, 4.69) is 11.4 Å². The van der Waals surface area contributed by atoms with Crippen LogP contribution in [0.4, 0.5) is 0 Å². The number of para-hydroxylation sites is 1. The first kappa shape index (κ1) is 14.6. The molecule has 0 bridgehead atoms. The minimum absolute atomic E-state index is 0.207. The van der Waals surface area contributed by atoms with Crippen molar-refractivity contribution >= 4 is 5.91 Å². The van der Waals surface area contributed by atoms with Gasteiger partial charge >= 0.3 is 0 Å². The first-order valence-corrected chi connectivity index (χ1v) is 6.71. The quantitative estimate of drug-likeness (QED) is 0.885. The van der Waals surface area contributed by atoms with E-state index in [4.69, 9.17) is 10.00 Å². The van der Waals surface area contributed by atoms with Crippen molar-refractivity contribution in [1.82, 2.24) is 5.32 Å². The van der Waals surface area contributed by atoms with E-state index in [0.29, 0.717) is 0 Å². The summed E-state index contributed by atoms with van der Waals surface area (Å²) in [5.41, 5.74) is 0.775. The molecule has 0 aliphatic carbocycles. The number of ether oxygens (including phenoxy) is 1. The van der Waals surface area contributed by atoms with Crippen molar-refractivity contribution in [2.45, 2.75) is 12.5 Å². The van der Waals surface area contributed by atoms with Crippen LogP contribution in [0, 0.1) is 11.3 Å². The van der Waals surface area contributed by atoms with Crippen molar-refractivity contribution in [3.63, 3.8) is 0 Å². The van der Waals surface area contributed by atoms with E-state index in [1.165, 1.54) is 0 Å². The molecule has 4 nitrogen and oxygen atoms in total. The van der Waals surface area contributed by atoms with Crippen molar-refractivity contribution in [1.29, 1.82) is 5.26 Å². The molecule has 0 saturated carbocycles. The molecule has 0 fully saturated rings. The maximum absolute atomic E-state index is 11.8. The van der Waals surface area contributed by atoms with Crippen LogP contribution in [-0.2, 0) is 4.79 Å². The molecule has 2 aromatic carbocycles. The Kier molecular flexibility index (Phi) is 5.36. The van der Waals surface area contributed by atoms with Crippen molar-refractivity contribution in [3.8, 4) is 11.8 Å². The second kappa shape index (κ2) is 7.71. The average molecular weight is 280 g/mol. The number of amides is 1. The van der Waals surface area contributed by atoms with Gasteiger partial charge in [-0.05, 0) is 17.7 Å². The number of nitrogens with one attached hydrogen (secondary N) is 1. The lowest BCUT2D eigenvalue weighted by atomic mass is 10.1. The molecule has 1 unspecified atom stereocenters. The fraction of sp³-hybridized carbons (Fsp3) is 0.176. The fourth-order valence-electron chi connectivity index (χ4n) is 1.85. The number of carbonyl (C=O) groups is 1. The molecule has 4 heteroatoms. The lowest BCUT2D eigenvalue weighted by Gasteiger charge is -2.12. The first-order valence-electron chi connectivity index (χ1n) is 6.71. The SMILES string of the molecule is N#CC(NC(=O)CCOc1ccccc1)c1ccccc1. The number of benzene rings is 2. The summed E-state index contributed by atoms with van der Waals surface area (Å²) in [4.78, 5) is 11.8. The Morgan fingerprint density at radius 1 is 1.10 bits per heavy atom. The molecule has 1 amide bonds. The zero-order valence-corrected chi connectivity index (χ0v) is 11.5. The maximum Gasteiger partial charge on any atom is 0.224 e. The average Bonchev–Trinajstić information content (AvgIpc) is 2.54. The molecule has 0 radical (unpaired) electrons. The van der Waals surface area contributed by atoms with Crippen LogP contribution < -0.4 is 10.1 Å². The minimum atomic E-state index is -0.629. The van der Waals surface area contributed by atoms with Crippen molar-refractivity contribution in [2.75, 3.05) is 6.61 Å². The monoisotopic (exact) mass is 280 g/mol. The number of rotatable bonds is 6. The van der Waals surface area contributed by atoms with E-state index in [-0.39, 0.29) is 18.9 Å². The molecule has 0 saturated heterocycles. The van der Waals surface area contributed by atoms with E-state index in [9.17, 15) is 4.79 Å². The number of nitrogens with zero attached hydrogens (tertiary/aromatic N) is 1. The van der Waals surface area contributed by atoms with E-state index in [1.807, 2.05) is 60.7 Å². The van der Waals surface area contributed by atoms with Gasteiger partial charge < -0.3 is 10.1 Å². The van der Waals surface area contributed by atoms with Crippen molar-refractivity contribution in [2.24, 2.45) is 0 Å². The summed E-state index contributed by atoms with van der Waals surface area (Å²) in [5, 5.41) is 11.8. The zero-order valence-electron chi connectivity index (χ0n) is 11.5. The largest absolute Gasteiger partial charge is 0.493 e. The zero-order chi connectivity index (χ0) is 14.9. The summed E-state index contributed by atoms with van der Waals surface area (Å²) < 4.78 is 5.45.